The summed E-state index contributed by atoms with van der Waals surface area (Å²) in [5.74, 6) is -0.560. The van der Waals surface area contributed by atoms with E-state index in [1.807, 2.05) is 0 Å². The van der Waals surface area contributed by atoms with Crippen LogP contribution in [0.2, 0.25) is 5.02 Å². The molecule has 37 heavy (non-hydrogen) atoms. The van der Waals surface area contributed by atoms with E-state index in [2.05, 4.69) is 0 Å². The Bertz CT molecular complexity index is 1130. The monoisotopic (exact) mass is 550 g/mol. The van der Waals surface area contributed by atoms with Crippen molar-refractivity contribution in [1.29, 1.82) is 0 Å². The molecule has 0 spiro atoms. The van der Waals surface area contributed by atoms with E-state index in [0.717, 1.165) is 0 Å². The Morgan fingerprint density at radius 3 is 2.16 bits per heavy atom. The van der Waals surface area contributed by atoms with Crippen molar-refractivity contribution >= 4 is 29.3 Å². The Morgan fingerprint density at radius 2 is 1.65 bits per heavy atom. The van der Waals surface area contributed by atoms with E-state index < -0.39 is 54.2 Å². The molecule has 202 valence electrons. The molecule has 2 aromatic carbocycles. The van der Waals surface area contributed by atoms with Crippen LogP contribution in [0, 0.1) is 0 Å². The molecule has 1 aliphatic rings. The Morgan fingerprint density at radius 1 is 1.05 bits per heavy atom. The predicted octanol–water partition coefficient (Wildman–Crippen LogP) is 7.61. The Hall–Kier alpha value is -2.95. The summed E-state index contributed by atoms with van der Waals surface area (Å²) in [5.41, 5.74) is -2.42. The topological polar surface area (TPSA) is 49.9 Å². The molecule has 0 aliphatic carbocycles. The molecule has 2 aromatic rings. The first-order chi connectivity index (χ1) is 17.1. The second-order valence-corrected chi connectivity index (χ2v) is 9.44. The fourth-order valence-electron chi connectivity index (χ4n) is 4.28. The lowest BCUT2D eigenvalue weighted by Gasteiger charge is -2.32. The molecule has 1 heterocycles. The molecule has 5 nitrogen and oxygen atoms in total. The van der Waals surface area contributed by atoms with E-state index in [1.165, 1.54) is 28.9 Å². The zero-order chi connectivity index (χ0) is 27.7. The maximum absolute atomic E-state index is 13.4. The minimum Gasteiger partial charge on any atom is -0.446 e. The number of hydrogen-bond acceptors (Lipinski definition) is 3. The van der Waals surface area contributed by atoms with Crippen LogP contribution in [0.4, 0.5) is 36.8 Å². The highest BCUT2D eigenvalue weighted by atomic mass is 35.5. The number of carbonyl (C=O) groups excluding carboxylic acids is 2. The third-order valence-electron chi connectivity index (χ3n) is 5.84. The first kappa shape index (κ1) is 28.6. The van der Waals surface area contributed by atoms with Gasteiger partial charge in [0.25, 0.3) is 0 Å². The van der Waals surface area contributed by atoms with Gasteiger partial charge >= 0.3 is 18.4 Å². The Labute approximate surface area is 214 Å². The van der Waals surface area contributed by atoms with Gasteiger partial charge in [-0.3, -0.25) is 9.69 Å². The van der Waals surface area contributed by atoms with Crippen molar-refractivity contribution in [2.75, 3.05) is 11.4 Å². The standard InChI is InChI=1S/C25H25ClF6N2O3/c1-14(2)37-23(36)33-8-4-5-21(20-7-6-19(26)12-22(20)33)34(15(3)35)13-16-9-17(24(27,28)29)11-18(10-16)25(30,31)32/h6-7,9-12,14,21H,4-5,8,13H2,1-3H3/t21-/m0/s1. The maximum Gasteiger partial charge on any atom is 0.416 e. The van der Waals surface area contributed by atoms with Crippen LogP contribution in [0.3, 0.4) is 0 Å². The quantitative estimate of drug-likeness (QED) is 0.368. The summed E-state index contributed by atoms with van der Waals surface area (Å²) >= 11 is 6.17. The molecule has 0 unspecified atom stereocenters. The molecule has 0 aromatic heterocycles. The van der Waals surface area contributed by atoms with Gasteiger partial charge in [0.2, 0.25) is 5.91 Å². The van der Waals surface area contributed by atoms with Crippen LogP contribution in [0.15, 0.2) is 36.4 Å². The first-order valence-electron chi connectivity index (χ1n) is 11.4. The average molecular weight is 551 g/mol. The molecular formula is C25H25ClF6N2O3. The fraction of sp³-hybridized carbons (Fsp3) is 0.440. The summed E-state index contributed by atoms with van der Waals surface area (Å²) in [6, 6.07) is 5.16. The molecule has 0 saturated carbocycles. The third kappa shape index (κ3) is 6.88. The van der Waals surface area contributed by atoms with Gasteiger partial charge in [-0.15, -0.1) is 0 Å². The molecule has 0 fully saturated rings. The van der Waals surface area contributed by atoms with Crippen LogP contribution in [-0.2, 0) is 28.4 Å². The molecule has 12 heteroatoms. The van der Waals surface area contributed by atoms with E-state index in [1.54, 1.807) is 19.9 Å². The van der Waals surface area contributed by atoms with Crippen molar-refractivity contribution in [2.45, 2.75) is 64.7 Å². The molecule has 3 rings (SSSR count). The maximum atomic E-state index is 13.4. The van der Waals surface area contributed by atoms with Crippen molar-refractivity contribution in [3.05, 3.63) is 63.7 Å². The molecular weight excluding hydrogens is 526 g/mol. The fourth-order valence-corrected chi connectivity index (χ4v) is 4.44. The van der Waals surface area contributed by atoms with Crippen molar-refractivity contribution in [3.63, 3.8) is 0 Å². The van der Waals surface area contributed by atoms with Crippen molar-refractivity contribution in [2.24, 2.45) is 0 Å². The van der Waals surface area contributed by atoms with Crippen molar-refractivity contribution < 1.29 is 40.7 Å². The summed E-state index contributed by atoms with van der Waals surface area (Å²) in [6.07, 6.45) is -10.4. The summed E-state index contributed by atoms with van der Waals surface area (Å²) in [5, 5.41) is 0.295. The number of nitrogens with zero attached hydrogens (tertiary/aromatic N) is 2. The normalized spacial score (nSPS) is 16.3. The SMILES string of the molecule is CC(=O)N(Cc1cc(C(F)(F)F)cc(C(F)(F)F)c1)[C@H]1CCCN(C(=O)OC(C)C)c2cc(Cl)ccc21. The van der Waals surface area contributed by atoms with Gasteiger partial charge in [-0.05, 0) is 68.1 Å². The molecule has 1 atom stereocenters. The minimum atomic E-state index is -5.01. The molecule has 0 radical (unpaired) electrons. The number of amides is 2. The predicted molar refractivity (Wildman–Crippen MR) is 125 cm³/mol. The average Bonchev–Trinajstić information content (AvgIpc) is 2.94. The number of alkyl halides is 6. The smallest absolute Gasteiger partial charge is 0.416 e. The van der Waals surface area contributed by atoms with Crippen molar-refractivity contribution in [1.82, 2.24) is 4.90 Å². The number of rotatable bonds is 4. The zero-order valence-electron chi connectivity index (χ0n) is 20.2. The van der Waals surface area contributed by atoms with Gasteiger partial charge < -0.3 is 9.64 Å². The molecule has 0 saturated heterocycles. The van der Waals surface area contributed by atoms with Gasteiger partial charge in [-0.25, -0.2) is 4.79 Å². The van der Waals surface area contributed by atoms with Crippen LogP contribution in [0.1, 0.15) is 61.9 Å². The van der Waals surface area contributed by atoms with Crippen molar-refractivity contribution in [3.8, 4) is 0 Å². The third-order valence-corrected chi connectivity index (χ3v) is 6.07. The van der Waals surface area contributed by atoms with E-state index in [9.17, 15) is 35.9 Å². The molecule has 1 aliphatic heterocycles. The van der Waals surface area contributed by atoms with Crippen LogP contribution in [0.5, 0.6) is 0 Å². The number of ether oxygens (including phenoxy) is 1. The van der Waals surface area contributed by atoms with Gasteiger partial charge in [0, 0.05) is 25.0 Å². The number of fused-ring (bicyclic) bond motifs is 1. The molecule has 2 amide bonds. The molecule has 0 bridgehead atoms. The largest absolute Gasteiger partial charge is 0.446 e. The zero-order valence-corrected chi connectivity index (χ0v) is 21.0. The van der Waals surface area contributed by atoms with E-state index >= 15 is 0 Å². The lowest BCUT2D eigenvalue weighted by Crippen LogP contribution is -2.34. The summed E-state index contributed by atoms with van der Waals surface area (Å²) < 4.78 is 85.6. The number of benzene rings is 2. The van der Waals surface area contributed by atoms with E-state index in [0.29, 0.717) is 41.2 Å². The van der Waals surface area contributed by atoms with Crippen LogP contribution in [-0.4, -0.2) is 29.5 Å². The van der Waals surface area contributed by atoms with Gasteiger partial charge in [-0.2, -0.15) is 26.3 Å². The van der Waals surface area contributed by atoms with E-state index in [4.69, 9.17) is 16.3 Å². The number of hydrogen-bond donors (Lipinski definition) is 0. The summed E-state index contributed by atoms with van der Waals surface area (Å²) in [7, 11) is 0. The Kier molecular flexibility index (Phi) is 8.36. The lowest BCUT2D eigenvalue weighted by molar-refractivity contribution is -0.143. The number of carbonyl (C=O) groups is 2. The van der Waals surface area contributed by atoms with Crippen LogP contribution < -0.4 is 4.90 Å². The lowest BCUT2D eigenvalue weighted by atomic mass is 9.98. The first-order valence-corrected chi connectivity index (χ1v) is 11.8. The van der Waals surface area contributed by atoms with Gasteiger partial charge in [-0.1, -0.05) is 17.7 Å². The van der Waals surface area contributed by atoms with E-state index in [-0.39, 0.29) is 18.2 Å². The molecule has 0 N–H and O–H groups in total. The number of anilines is 1. The van der Waals surface area contributed by atoms with Crippen LogP contribution >= 0.6 is 11.6 Å². The Balaban J connectivity index is 2.07. The highest BCUT2D eigenvalue weighted by Crippen LogP contribution is 2.41. The van der Waals surface area contributed by atoms with Crippen LogP contribution in [0.25, 0.3) is 0 Å². The second kappa shape index (κ2) is 10.8. The summed E-state index contributed by atoms with van der Waals surface area (Å²) in [6.45, 7) is 4.25. The highest BCUT2D eigenvalue weighted by molar-refractivity contribution is 6.31. The summed E-state index contributed by atoms with van der Waals surface area (Å²) in [4.78, 5) is 28.1. The number of halogens is 7. The minimum absolute atomic E-state index is 0.0444. The van der Waals surface area contributed by atoms with Gasteiger partial charge in [0.1, 0.15) is 0 Å². The van der Waals surface area contributed by atoms with Gasteiger partial charge in [0.15, 0.2) is 0 Å². The van der Waals surface area contributed by atoms with Gasteiger partial charge in [0.05, 0.1) is 29.0 Å². The highest BCUT2D eigenvalue weighted by Gasteiger charge is 2.38. The second-order valence-electron chi connectivity index (χ2n) is 9.01.